The minimum absolute atomic E-state index is 0.181. The van der Waals surface area contributed by atoms with Gasteiger partial charge in [-0.15, -0.1) is 0 Å². The van der Waals surface area contributed by atoms with E-state index in [2.05, 4.69) is 72.9 Å². The van der Waals surface area contributed by atoms with Crippen molar-refractivity contribution in [1.29, 1.82) is 0 Å². The predicted molar refractivity (Wildman–Crippen MR) is 143 cm³/mol. The Kier molecular flexibility index (Phi) is 8.82. The molecule has 1 heterocycles. The minimum atomic E-state index is -0.181. The number of hydrogen-bond donors (Lipinski definition) is 2. The molecular formula is C27H32BrN5O. The van der Waals surface area contributed by atoms with Crippen molar-refractivity contribution in [1.82, 2.24) is 15.6 Å². The van der Waals surface area contributed by atoms with Gasteiger partial charge in [0.15, 0.2) is 0 Å². The zero-order chi connectivity index (χ0) is 23.6. The Balaban J connectivity index is 1.18. The number of carbonyl (C=O) groups is 1. The van der Waals surface area contributed by atoms with Gasteiger partial charge in [0, 0.05) is 42.9 Å². The number of hydrazine groups is 1. The smallest absolute Gasteiger partial charge is 0.333 e. The molecule has 4 rings (SSSR count). The number of nitrogens with one attached hydrogen (secondary N) is 2. The van der Waals surface area contributed by atoms with Gasteiger partial charge in [0.1, 0.15) is 0 Å². The van der Waals surface area contributed by atoms with Gasteiger partial charge in [0.25, 0.3) is 0 Å². The molecule has 7 heteroatoms. The van der Waals surface area contributed by atoms with E-state index >= 15 is 0 Å². The highest BCUT2D eigenvalue weighted by atomic mass is 79.9. The number of benzene rings is 3. The number of carbonyl (C=O) groups excluding carboxylic acids is 1. The summed E-state index contributed by atoms with van der Waals surface area (Å²) in [6.07, 6.45) is 0.926. The number of nitrogens with zero attached hydrogens (tertiary/aromatic N) is 3. The van der Waals surface area contributed by atoms with E-state index in [9.17, 15) is 4.79 Å². The van der Waals surface area contributed by atoms with Gasteiger partial charge in [-0.3, -0.25) is 9.91 Å². The van der Waals surface area contributed by atoms with Crippen LogP contribution in [0.4, 0.5) is 16.2 Å². The van der Waals surface area contributed by atoms with Crippen molar-refractivity contribution < 1.29 is 4.79 Å². The van der Waals surface area contributed by atoms with Gasteiger partial charge in [-0.05, 0) is 54.9 Å². The summed E-state index contributed by atoms with van der Waals surface area (Å²) in [7, 11) is 0. The van der Waals surface area contributed by atoms with Crippen LogP contribution in [0, 0.1) is 0 Å². The van der Waals surface area contributed by atoms with E-state index in [1.54, 1.807) is 0 Å². The molecule has 0 unspecified atom stereocenters. The van der Waals surface area contributed by atoms with Gasteiger partial charge in [0.05, 0.1) is 12.2 Å². The maximum Gasteiger partial charge on any atom is 0.333 e. The molecule has 0 saturated carbocycles. The van der Waals surface area contributed by atoms with Gasteiger partial charge >= 0.3 is 6.03 Å². The highest BCUT2D eigenvalue weighted by Crippen LogP contribution is 2.20. The monoisotopic (exact) mass is 521 g/mol. The van der Waals surface area contributed by atoms with Gasteiger partial charge in [-0.25, -0.2) is 10.2 Å². The van der Waals surface area contributed by atoms with Crippen molar-refractivity contribution in [3.8, 4) is 0 Å². The van der Waals surface area contributed by atoms with Crippen LogP contribution in [0.5, 0.6) is 0 Å². The van der Waals surface area contributed by atoms with Crippen LogP contribution >= 0.6 is 15.9 Å². The summed E-state index contributed by atoms with van der Waals surface area (Å²) in [5, 5.41) is 4.90. The second kappa shape index (κ2) is 12.4. The summed E-state index contributed by atoms with van der Waals surface area (Å²) in [5.74, 6) is 0. The second-order valence-electron chi connectivity index (χ2n) is 8.43. The topological polar surface area (TPSA) is 50.9 Å². The van der Waals surface area contributed by atoms with Crippen LogP contribution < -0.4 is 20.7 Å². The molecule has 1 saturated heterocycles. The first kappa shape index (κ1) is 24.1. The Morgan fingerprint density at radius 3 is 2.18 bits per heavy atom. The molecule has 0 spiro atoms. The SMILES string of the molecule is O=C(NCCCN1CCN(c2ccc(Br)cc2)CC1)NN(Cc1ccccc1)c1ccccc1. The molecule has 3 aromatic carbocycles. The van der Waals surface area contributed by atoms with Crippen LogP contribution in [0.2, 0.25) is 0 Å². The molecule has 0 bridgehead atoms. The maximum absolute atomic E-state index is 12.6. The van der Waals surface area contributed by atoms with E-state index in [1.165, 1.54) is 5.69 Å². The molecule has 1 aliphatic rings. The molecule has 0 aromatic heterocycles. The summed E-state index contributed by atoms with van der Waals surface area (Å²) in [5.41, 5.74) is 6.37. The van der Waals surface area contributed by atoms with Crippen molar-refractivity contribution >= 4 is 33.3 Å². The zero-order valence-electron chi connectivity index (χ0n) is 19.4. The van der Waals surface area contributed by atoms with Gasteiger partial charge in [-0.2, -0.15) is 0 Å². The quantitative estimate of drug-likeness (QED) is 0.311. The molecule has 0 atom stereocenters. The highest BCUT2D eigenvalue weighted by molar-refractivity contribution is 9.10. The largest absolute Gasteiger partial charge is 0.369 e. The number of halogens is 1. The first-order valence-electron chi connectivity index (χ1n) is 11.8. The fourth-order valence-corrected chi connectivity index (χ4v) is 4.38. The third-order valence-corrected chi connectivity index (χ3v) is 6.52. The molecule has 0 radical (unpaired) electrons. The molecule has 1 aliphatic heterocycles. The summed E-state index contributed by atoms with van der Waals surface area (Å²) in [6, 6.07) is 28.4. The number of urea groups is 1. The molecule has 6 nitrogen and oxygen atoms in total. The maximum atomic E-state index is 12.6. The minimum Gasteiger partial charge on any atom is -0.369 e. The lowest BCUT2D eigenvalue weighted by molar-refractivity contribution is 0.235. The Morgan fingerprint density at radius 1 is 0.853 bits per heavy atom. The Bertz CT molecular complexity index is 1010. The van der Waals surface area contributed by atoms with Crippen LogP contribution in [-0.2, 0) is 6.54 Å². The van der Waals surface area contributed by atoms with Crippen LogP contribution in [0.1, 0.15) is 12.0 Å². The van der Waals surface area contributed by atoms with Gasteiger partial charge < -0.3 is 10.2 Å². The van der Waals surface area contributed by atoms with Crippen molar-refractivity contribution in [2.24, 2.45) is 0 Å². The third-order valence-electron chi connectivity index (χ3n) is 5.99. The summed E-state index contributed by atoms with van der Waals surface area (Å²) >= 11 is 3.50. The molecule has 2 amide bonds. The summed E-state index contributed by atoms with van der Waals surface area (Å²) in [4.78, 5) is 17.5. The summed E-state index contributed by atoms with van der Waals surface area (Å²) in [6.45, 7) is 6.37. The first-order valence-corrected chi connectivity index (χ1v) is 12.6. The van der Waals surface area contributed by atoms with E-state index in [1.807, 2.05) is 53.5 Å². The zero-order valence-corrected chi connectivity index (χ0v) is 21.0. The van der Waals surface area contributed by atoms with Gasteiger partial charge in [0.2, 0.25) is 0 Å². The molecule has 2 N–H and O–H groups in total. The van der Waals surface area contributed by atoms with E-state index in [0.717, 1.165) is 54.9 Å². The summed E-state index contributed by atoms with van der Waals surface area (Å²) < 4.78 is 1.11. The lowest BCUT2D eigenvalue weighted by atomic mass is 10.2. The Hall–Kier alpha value is -3.03. The van der Waals surface area contributed by atoms with Crippen LogP contribution in [0.3, 0.4) is 0 Å². The highest BCUT2D eigenvalue weighted by Gasteiger charge is 2.17. The molecule has 0 aliphatic carbocycles. The number of hydrogen-bond acceptors (Lipinski definition) is 4. The van der Waals surface area contributed by atoms with Crippen LogP contribution in [0.25, 0.3) is 0 Å². The van der Waals surface area contributed by atoms with Crippen molar-refractivity contribution in [2.45, 2.75) is 13.0 Å². The Morgan fingerprint density at radius 2 is 1.50 bits per heavy atom. The molecule has 3 aromatic rings. The van der Waals surface area contributed by atoms with Gasteiger partial charge in [-0.1, -0.05) is 64.5 Å². The van der Waals surface area contributed by atoms with Crippen molar-refractivity contribution in [3.05, 3.63) is 95.0 Å². The number of piperazine rings is 1. The lowest BCUT2D eigenvalue weighted by Gasteiger charge is -2.36. The van der Waals surface area contributed by atoms with E-state index in [0.29, 0.717) is 13.1 Å². The van der Waals surface area contributed by atoms with E-state index in [-0.39, 0.29) is 6.03 Å². The average Bonchev–Trinajstić information content (AvgIpc) is 2.88. The number of para-hydroxylation sites is 1. The van der Waals surface area contributed by atoms with Crippen LogP contribution in [-0.4, -0.2) is 50.2 Å². The number of rotatable bonds is 9. The number of anilines is 2. The van der Waals surface area contributed by atoms with E-state index < -0.39 is 0 Å². The first-order chi connectivity index (χ1) is 16.7. The molecule has 1 fully saturated rings. The average molecular weight is 522 g/mol. The van der Waals surface area contributed by atoms with E-state index in [4.69, 9.17) is 0 Å². The molecular weight excluding hydrogens is 490 g/mol. The number of amides is 2. The molecule has 178 valence electrons. The lowest BCUT2D eigenvalue weighted by Crippen LogP contribution is -2.48. The standard InChI is InChI=1S/C27H32BrN5O/c28-24-12-14-25(15-13-24)32-20-18-31(19-21-32)17-7-16-29-27(34)30-33(26-10-5-2-6-11-26)22-23-8-3-1-4-9-23/h1-6,8-15H,7,16-22H2,(H2,29,30,34). The van der Waals surface area contributed by atoms with Crippen molar-refractivity contribution in [2.75, 3.05) is 49.2 Å². The van der Waals surface area contributed by atoms with Crippen LogP contribution in [0.15, 0.2) is 89.4 Å². The third kappa shape index (κ3) is 7.23. The fraction of sp³-hybridized carbons (Fsp3) is 0.296. The van der Waals surface area contributed by atoms with Crippen molar-refractivity contribution in [3.63, 3.8) is 0 Å². The molecule has 34 heavy (non-hydrogen) atoms. The second-order valence-corrected chi connectivity index (χ2v) is 9.35. The predicted octanol–water partition coefficient (Wildman–Crippen LogP) is 4.88. The Labute approximate surface area is 210 Å². The normalized spacial score (nSPS) is 14.0. The fourth-order valence-electron chi connectivity index (χ4n) is 4.12.